The van der Waals surface area contributed by atoms with Crippen molar-refractivity contribution in [3.63, 3.8) is 0 Å². The van der Waals surface area contributed by atoms with E-state index in [-0.39, 0.29) is 5.91 Å². The number of allylic oxidation sites excluding steroid dienone is 3. The van der Waals surface area contributed by atoms with Gasteiger partial charge >= 0.3 is 0 Å². The van der Waals surface area contributed by atoms with Crippen molar-refractivity contribution in [3.05, 3.63) is 59.7 Å². The van der Waals surface area contributed by atoms with Gasteiger partial charge in [-0.25, -0.2) is 5.43 Å². The van der Waals surface area contributed by atoms with E-state index in [9.17, 15) is 4.79 Å². The molecule has 0 bridgehead atoms. The Kier molecular flexibility index (Phi) is 5.09. The minimum Gasteiger partial charge on any atom is -0.273 e. The molecule has 1 aliphatic carbocycles. The Morgan fingerprint density at radius 3 is 2.76 bits per heavy atom. The first-order chi connectivity index (χ1) is 10.1. The lowest BCUT2D eigenvalue weighted by Gasteiger charge is -2.22. The summed E-state index contributed by atoms with van der Waals surface area (Å²) in [6.45, 7) is 8.10. The predicted octanol–water partition coefficient (Wildman–Crippen LogP) is 3.63. The highest BCUT2D eigenvalue weighted by Crippen LogP contribution is 2.26. The minimum absolute atomic E-state index is 0.0843. The van der Waals surface area contributed by atoms with E-state index in [1.165, 1.54) is 5.57 Å². The van der Waals surface area contributed by atoms with Gasteiger partial charge in [0.25, 0.3) is 0 Å². The quantitative estimate of drug-likeness (QED) is 0.665. The maximum absolute atomic E-state index is 11.9. The Bertz CT molecular complexity index is 584. The third kappa shape index (κ3) is 4.42. The highest BCUT2D eigenvalue weighted by atomic mass is 16.2. The van der Waals surface area contributed by atoms with Crippen molar-refractivity contribution < 1.29 is 4.79 Å². The van der Waals surface area contributed by atoms with Gasteiger partial charge in [-0.2, -0.15) is 5.10 Å². The first kappa shape index (κ1) is 15.2. The monoisotopic (exact) mass is 282 g/mol. The first-order valence-electron chi connectivity index (χ1n) is 7.28. The van der Waals surface area contributed by atoms with Crippen molar-refractivity contribution in [3.8, 4) is 0 Å². The predicted molar refractivity (Wildman–Crippen MR) is 87.0 cm³/mol. The van der Waals surface area contributed by atoms with Crippen molar-refractivity contribution in [2.24, 2.45) is 11.0 Å². The number of amides is 1. The van der Waals surface area contributed by atoms with E-state index in [0.717, 1.165) is 29.7 Å². The molecule has 0 unspecified atom stereocenters. The van der Waals surface area contributed by atoms with Crippen LogP contribution in [0.1, 0.15) is 32.3 Å². The molecule has 1 aromatic carbocycles. The Hall–Kier alpha value is -2.16. The van der Waals surface area contributed by atoms with E-state index in [1.807, 2.05) is 44.2 Å². The smallest absolute Gasteiger partial charge is 0.244 e. The molecule has 1 amide bonds. The van der Waals surface area contributed by atoms with Crippen molar-refractivity contribution in [1.82, 2.24) is 5.43 Å². The van der Waals surface area contributed by atoms with Gasteiger partial charge < -0.3 is 0 Å². The highest BCUT2D eigenvalue weighted by Gasteiger charge is 2.18. The number of nitrogens with one attached hydrogen (secondary N) is 1. The summed E-state index contributed by atoms with van der Waals surface area (Å²) in [6, 6.07) is 9.68. The van der Waals surface area contributed by atoms with Crippen LogP contribution in [0.4, 0.5) is 0 Å². The molecule has 3 heteroatoms. The second-order valence-corrected chi connectivity index (χ2v) is 5.63. The topological polar surface area (TPSA) is 41.5 Å². The van der Waals surface area contributed by atoms with Gasteiger partial charge in [0.15, 0.2) is 0 Å². The Balaban J connectivity index is 1.96. The molecule has 3 nitrogen and oxygen atoms in total. The van der Waals surface area contributed by atoms with E-state index in [1.54, 1.807) is 0 Å². The van der Waals surface area contributed by atoms with Gasteiger partial charge in [0, 0.05) is 0 Å². The average Bonchev–Trinajstić information content (AvgIpc) is 2.47. The Morgan fingerprint density at radius 2 is 2.10 bits per heavy atom. The van der Waals surface area contributed by atoms with Crippen molar-refractivity contribution in [2.45, 2.75) is 33.1 Å². The lowest BCUT2D eigenvalue weighted by atomic mass is 9.85. The van der Waals surface area contributed by atoms with Crippen LogP contribution in [0.2, 0.25) is 0 Å². The fourth-order valence-electron chi connectivity index (χ4n) is 2.37. The molecule has 21 heavy (non-hydrogen) atoms. The molecular formula is C18H22N2O. The van der Waals surface area contributed by atoms with Gasteiger partial charge in [-0.1, -0.05) is 48.6 Å². The van der Waals surface area contributed by atoms with Crippen LogP contribution in [-0.2, 0) is 11.2 Å². The maximum atomic E-state index is 11.9. The molecule has 0 saturated carbocycles. The number of hydrazone groups is 1. The molecule has 1 N–H and O–H groups in total. The molecule has 1 atom stereocenters. The summed E-state index contributed by atoms with van der Waals surface area (Å²) in [5.41, 5.74) is 6.93. The van der Waals surface area contributed by atoms with E-state index >= 15 is 0 Å². The second kappa shape index (κ2) is 7.02. The van der Waals surface area contributed by atoms with Crippen molar-refractivity contribution in [1.29, 1.82) is 0 Å². The number of hydrogen-bond donors (Lipinski definition) is 1. The van der Waals surface area contributed by atoms with Crippen LogP contribution in [0, 0.1) is 5.92 Å². The molecule has 0 aliphatic heterocycles. The number of carbonyl (C=O) groups is 1. The molecule has 110 valence electrons. The van der Waals surface area contributed by atoms with Gasteiger partial charge in [-0.3, -0.25) is 4.79 Å². The molecule has 0 radical (unpaired) electrons. The third-order valence-electron chi connectivity index (χ3n) is 3.82. The lowest BCUT2D eigenvalue weighted by molar-refractivity contribution is -0.120. The summed E-state index contributed by atoms with van der Waals surface area (Å²) in [6.07, 6.45) is 4.39. The molecule has 0 saturated heterocycles. The average molecular weight is 282 g/mol. The lowest BCUT2D eigenvalue weighted by Crippen LogP contribution is -2.24. The third-order valence-corrected chi connectivity index (χ3v) is 3.82. The normalized spacial score (nSPS) is 20.0. The van der Waals surface area contributed by atoms with E-state index < -0.39 is 0 Å². The molecule has 0 heterocycles. The van der Waals surface area contributed by atoms with Crippen LogP contribution in [0.15, 0.2) is 59.2 Å². The van der Waals surface area contributed by atoms with Gasteiger partial charge in [-0.15, -0.1) is 0 Å². The fraction of sp³-hybridized carbons (Fsp3) is 0.333. The molecule has 0 spiro atoms. The van der Waals surface area contributed by atoms with Gasteiger partial charge in [0.05, 0.1) is 12.1 Å². The zero-order valence-corrected chi connectivity index (χ0v) is 12.7. The van der Waals surface area contributed by atoms with E-state index in [2.05, 4.69) is 23.2 Å². The van der Waals surface area contributed by atoms with Crippen LogP contribution in [0.25, 0.3) is 0 Å². The molecular weight excluding hydrogens is 260 g/mol. The fourth-order valence-corrected chi connectivity index (χ4v) is 2.37. The van der Waals surface area contributed by atoms with Crippen LogP contribution in [0.3, 0.4) is 0 Å². The maximum Gasteiger partial charge on any atom is 0.244 e. The summed E-state index contributed by atoms with van der Waals surface area (Å²) < 4.78 is 0. The second-order valence-electron chi connectivity index (χ2n) is 5.63. The van der Waals surface area contributed by atoms with Crippen LogP contribution < -0.4 is 5.43 Å². The minimum atomic E-state index is -0.0843. The van der Waals surface area contributed by atoms with Crippen molar-refractivity contribution >= 4 is 11.6 Å². The van der Waals surface area contributed by atoms with Crippen molar-refractivity contribution in [2.75, 3.05) is 0 Å². The zero-order valence-electron chi connectivity index (χ0n) is 12.7. The highest BCUT2D eigenvalue weighted by molar-refractivity contribution is 6.01. The number of nitrogens with zero attached hydrogens (tertiary/aromatic N) is 1. The van der Waals surface area contributed by atoms with Gasteiger partial charge in [0.1, 0.15) is 0 Å². The first-order valence-corrected chi connectivity index (χ1v) is 7.28. The SMILES string of the molecule is C=C(C)[C@@H]1CC=C(C)C(=NNC(=O)Cc2ccccc2)C1. The number of hydrogen-bond acceptors (Lipinski definition) is 2. The summed E-state index contributed by atoms with van der Waals surface area (Å²) in [5.74, 6) is 0.345. The van der Waals surface area contributed by atoms with E-state index in [4.69, 9.17) is 0 Å². The molecule has 2 rings (SSSR count). The largest absolute Gasteiger partial charge is 0.273 e. The van der Waals surface area contributed by atoms with Crippen LogP contribution >= 0.6 is 0 Å². The van der Waals surface area contributed by atoms with Crippen LogP contribution in [-0.4, -0.2) is 11.6 Å². The summed E-state index contributed by atoms with van der Waals surface area (Å²) in [5, 5.41) is 4.30. The standard InChI is InChI=1S/C18H22N2O/c1-13(2)16-10-9-14(3)17(12-16)19-20-18(21)11-15-7-5-4-6-8-15/h4-9,16H,1,10-12H2,2-3H3,(H,20,21)/t16-/m1/s1. The number of benzene rings is 1. The molecule has 1 aromatic rings. The van der Waals surface area contributed by atoms with Crippen LogP contribution in [0.5, 0.6) is 0 Å². The summed E-state index contributed by atoms with van der Waals surface area (Å²) >= 11 is 0. The van der Waals surface area contributed by atoms with Gasteiger partial charge in [0.2, 0.25) is 5.91 Å². The number of carbonyl (C=O) groups excluding carboxylic acids is 1. The van der Waals surface area contributed by atoms with Gasteiger partial charge in [-0.05, 0) is 43.7 Å². The summed E-state index contributed by atoms with van der Waals surface area (Å²) in [7, 11) is 0. The number of rotatable bonds is 4. The summed E-state index contributed by atoms with van der Waals surface area (Å²) in [4.78, 5) is 11.9. The molecule has 0 aromatic heterocycles. The molecule has 1 aliphatic rings. The Morgan fingerprint density at radius 1 is 1.38 bits per heavy atom. The molecule has 0 fully saturated rings. The zero-order chi connectivity index (χ0) is 15.2. The van der Waals surface area contributed by atoms with E-state index in [0.29, 0.717) is 12.3 Å². The Labute approximate surface area is 126 Å².